The van der Waals surface area contributed by atoms with E-state index in [1.165, 1.54) is 0 Å². The lowest BCUT2D eigenvalue weighted by atomic mass is 10.3. The number of rotatable bonds is 5. The molecule has 5 nitrogen and oxygen atoms in total. The lowest BCUT2D eigenvalue weighted by Crippen LogP contribution is -2.02. The van der Waals surface area contributed by atoms with Crippen LogP contribution in [-0.4, -0.2) is 17.5 Å². The van der Waals surface area contributed by atoms with Crippen molar-refractivity contribution < 1.29 is 9.72 Å². The molecule has 0 spiro atoms. The van der Waals surface area contributed by atoms with E-state index >= 15 is 0 Å². The van der Waals surface area contributed by atoms with Crippen LogP contribution in [0.2, 0.25) is 0 Å². The zero-order chi connectivity index (χ0) is 12.0. The Kier molecular flexibility index (Phi) is 4.53. The van der Waals surface area contributed by atoms with Gasteiger partial charge in [0.2, 0.25) is 6.29 Å². The van der Waals surface area contributed by atoms with Crippen LogP contribution in [0.5, 0.6) is 0 Å². The highest BCUT2D eigenvalue weighted by molar-refractivity contribution is 7.98. The number of hydrogen-bond acceptors (Lipinski definition) is 5. The molecule has 0 fully saturated rings. The molecule has 0 aromatic heterocycles. The van der Waals surface area contributed by atoms with E-state index in [9.17, 15) is 14.9 Å². The number of benzene rings is 1. The number of allylic oxidation sites excluding steroid dienone is 1. The first kappa shape index (κ1) is 12.3. The molecule has 1 rings (SSSR count). The minimum absolute atomic E-state index is 0.200. The second-order valence-corrected chi connectivity index (χ2v) is 3.70. The van der Waals surface area contributed by atoms with Gasteiger partial charge in [0.1, 0.15) is 0 Å². The Balaban J connectivity index is 2.80. The molecule has 0 saturated heterocycles. The van der Waals surface area contributed by atoms with Gasteiger partial charge >= 0.3 is 5.70 Å². The number of anilines is 1. The highest BCUT2D eigenvalue weighted by Gasteiger charge is 2.07. The van der Waals surface area contributed by atoms with Crippen LogP contribution in [0, 0.1) is 10.1 Å². The highest BCUT2D eigenvalue weighted by Crippen LogP contribution is 2.18. The van der Waals surface area contributed by atoms with Gasteiger partial charge in [-0.2, -0.15) is 0 Å². The van der Waals surface area contributed by atoms with Crippen LogP contribution in [-0.2, 0) is 4.79 Å². The first-order valence-corrected chi connectivity index (χ1v) is 5.60. The Hall–Kier alpha value is -1.82. The molecule has 0 amide bonds. The van der Waals surface area contributed by atoms with Crippen molar-refractivity contribution >= 4 is 23.7 Å². The number of aldehydes is 1. The summed E-state index contributed by atoms with van der Waals surface area (Å²) in [5.74, 6) is 0. The van der Waals surface area contributed by atoms with Gasteiger partial charge in [-0.3, -0.25) is 14.9 Å². The van der Waals surface area contributed by atoms with Gasteiger partial charge in [-0.15, -0.1) is 11.8 Å². The van der Waals surface area contributed by atoms with Gasteiger partial charge in [-0.05, 0) is 24.5 Å². The van der Waals surface area contributed by atoms with Crippen molar-refractivity contribution in [2.45, 2.75) is 4.90 Å². The molecule has 0 heterocycles. The zero-order valence-electron chi connectivity index (χ0n) is 8.54. The number of carbonyl (C=O) groups excluding carboxylic acids is 1. The van der Waals surface area contributed by atoms with Crippen molar-refractivity contribution in [2.24, 2.45) is 0 Å². The molecule has 0 radical (unpaired) electrons. The van der Waals surface area contributed by atoms with E-state index < -0.39 is 10.6 Å². The minimum Gasteiger partial charge on any atom is -0.356 e. The Bertz CT molecular complexity index is 432. The number of hydrogen-bond donors (Lipinski definition) is 1. The predicted octanol–water partition coefficient (Wildman–Crippen LogP) is 2.14. The lowest BCUT2D eigenvalue weighted by Gasteiger charge is -2.02. The molecule has 0 aliphatic heterocycles. The number of nitrogens with one attached hydrogen (secondary N) is 1. The Morgan fingerprint density at radius 3 is 2.88 bits per heavy atom. The molecule has 0 unspecified atom stereocenters. The zero-order valence-corrected chi connectivity index (χ0v) is 9.36. The normalized spacial score (nSPS) is 10.9. The van der Waals surface area contributed by atoms with Crippen molar-refractivity contribution in [1.29, 1.82) is 0 Å². The van der Waals surface area contributed by atoms with E-state index in [0.29, 0.717) is 5.69 Å². The summed E-state index contributed by atoms with van der Waals surface area (Å²) < 4.78 is 0. The van der Waals surface area contributed by atoms with E-state index in [1.807, 2.05) is 24.5 Å². The summed E-state index contributed by atoms with van der Waals surface area (Å²) in [7, 11) is 0. The molecule has 0 saturated carbocycles. The first-order chi connectivity index (χ1) is 7.67. The van der Waals surface area contributed by atoms with Crippen LogP contribution in [0.3, 0.4) is 0 Å². The summed E-state index contributed by atoms with van der Waals surface area (Å²) in [6, 6.07) is 7.35. The maximum atomic E-state index is 10.3. The monoisotopic (exact) mass is 238 g/mol. The van der Waals surface area contributed by atoms with Crippen LogP contribution in [0.4, 0.5) is 5.69 Å². The van der Waals surface area contributed by atoms with Crippen LogP contribution < -0.4 is 5.32 Å². The first-order valence-electron chi connectivity index (χ1n) is 4.37. The average molecular weight is 238 g/mol. The van der Waals surface area contributed by atoms with Gasteiger partial charge in [0.05, 0.1) is 11.1 Å². The maximum Gasteiger partial charge on any atom is 0.324 e. The third-order valence-corrected chi connectivity index (χ3v) is 2.51. The summed E-state index contributed by atoms with van der Waals surface area (Å²) >= 11 is 1.57. The summed E-state index contributed by atoms with van der Waals surface area (Å²) in [5.41, 5.74) is 0.197. The molecule has 16 heavy (non-hydrogen) atoms. The van der Waals surface area contributed by atoms with E-state index in [0.717, 1.165) is 11.1 Å². The van der Waals surface area contributed by atoms with Gasteiger partial charge < -0.3 is 5.32 Å². The molecule has 0 aliphatic rings. The van der Waals surface area contributed by atoms with E-state index in [2.05, 4.69) is 5.32 Å². The quantitative estimate of drug-likeness (QED) is 0.280. The molecule has 84 valence electrons. The maximum absolute atomic E-state index is 10.3. The van der Waals surface area contributed by atoms with Crippen LogP contribution in [0.15, 0.2) is 41.1 Å². The largest absolute Gasteiger partial charge is 0.356 e. The van der Waals surface area contributed by atoms with Crippen molar-refractivity contribution in [3.05, 3.63) is 46.3 Å². The highest BCUT2D eigenvalue weighted by atomic mass is 32.2. The van der Waals surface area contributed by atoms with Crippen molar-refractivity contribution in [1.82, 2.24) is 0 Å². The number of nitro groups is 1. The Morgan fingerprint density at radius 1 is 1.56 bits per heavy atom. The predicted molar refractivity (Wildman–Crippen MR) is 63.0 cm³/mol. The van der Waals surface area contributed by atoms with Gasteiger partial charge in [-0.1, -0.05) is 6.07 Å². The fourth-order valence-corrected chi connectivity index (χ4v) is 1.46. The molecular formula is C10H10N2O3S. The fraction of sp³-hybridized carbons (Fsp3) is 0.100. The van der Waals surface area contributed by atoms with Gasteiger partial charge in [0.25, 0.3) is 0 Å². The second-order valence-electron chi connectivity index (χ2n) is 2.82. The number of nitrogens with zero attached hydrogens (tertiary/aromatic N) is 1. The summed E-state index contributed by atoms with van der Waals surface area (Å²) in [6.07, 6.45) is 3.21. The van der Waals surface area contributed by atoms with Gasteiger partial charge in [-0.25, -0.2) is 0 Å². The minimum atomic E-state index is -0.738. The molecule has 6 heteroatoms. The van der Waals surface area contributed by atoms with Crippen molar-refractivity contribution in [3.8, 4) is 0 Å². The molecule has 1 aromatic rings. The molecule has 1 aromatic carbocycles. The average Bonchev–Trinajstić information content (AvgIpc) is 2.29. The second kappa shape index (κ2) is 5.92. The third-order valence-electron chi connectivity index (χ3n) is 1.79. The molecule has 1 N–H and O–H groups in total. The summed E-state index contributed by atoms with van der Waals surface area (Å²) in [6.45, 7) is 0. The van der Waals surface area contributed by atoms with Crippen LogP contribution in [0.1, 0.15) is 0 Å². The van der Waals surface area contributed by atoms with Crippen LogP contribution >= 0.6 is 11.8 Å². The lowest BCUT2D eigenvalue weighted by molar-refractivity contribution is -0.417. The van der Waals surface area contributed by atoms with Gasteiger partial charge in [0.15, 0.2) is 0 Å². The number of carbonyl (C=O) groups is 1. The molecular weight excluding hydrogens is 228 g/mol. The smallest absolute Gasteiger partial charge is 0.324 e. The van der Waals surface area contributed by atoms with E-state index in [-0.39, 0.29) is 6.29 Å². The van der Waals surface area contributed by atoms with Crippen molar-refractivity contribution in [2.75, 3.05) is 11.6 Å². The Morgan fingerprint density at radius 2 is 2.31 bits per heavy atom. The number of thioether (sulfide) groups is 1. The SMILES string of the molecule is CSc1cccc(N/C=C(/C=O)[N+](=O)[O-])c1. The topological polar surface area (TPSA) is 72.2 Å². The van der Waals surface area contributed by atoms with Gasteiger partial charge in [0, 0.05) is 10.6 Å². The summed E-state index contributed by atoms with van der Waals surface area (Å²) in [4.78, 5) is 21.0. The molecule has 0 bridgehead atoms. The van der Waals surface area contributed by atoms with E-state index in [4.69, 9.17) is 0 Å². The van der Waals surface area contributed by atoms with Crippen LogP contribution in [0.25, 0.3) is 0 Å². The van der Waals surface area contributed by atoms with E-state index in [1.54, 1.807) is 17.8 Å². The third kappa shape index (κ3) is 3.39. The standard InChI is InChI=1S/C10H10N2O3S/c1-16-10-4-2-3-8(5-10)11-6-9(7-13)12(14)15/h2-7,11H,1H3/b9-6-. The fourth-order valence-electron chi connectivity index (χ4n) is 1.000. The Labute approximate surface area is 96.7 Å². The molecule has 0 aliphatic carbocycles. The molecule has 0 atom stereocenters. The summed E-state index contributed by atoms with van der Waals surface area (Å²) in [5, 5.41) is 13.0. The van der Waals surface area contributed by atoms with Crippen molar-refractivity contribution in [3.63, 3.8) is 0 Å².